The first-order valence-electron chi connectivity index (χ1n) is 9.75. The third-order valence-corrected chi connectivity index (χ3v) is 4.55. The van der Waals surface area contributed by atoms with Crippen LogP contribution in [0.25, 0.3) is 11.1 Å². The monoisotopic (exact) mass is 442 g/mol. The number of carbonyl (C=O) groups is 2. The van der Waals surface area contributed by atoms with Crippen LogP contribution < -0.4 is 15.4 Å². The van der Waals surface area contributed by atoms with Gasteiger partial charge in [-0.05, 0) is 48.4 Å². The van der Waals surface area contributed by atoms with Gasteiger partial charge in [-0.15, -0.1) is 0 Å². The molecule has 0 heterocycles. The molecule has 0 saturated heterocycles. The number of halogens is 3. The second kappa shape index (κ2) is 9.55. The average molecular weight is 442 g/mol. The quantitative estimate of drug-likeness (QED) is 0.512. The predicted octanol–water partition coefficient (Wildman–Crippen LogP) is 5.74. The van der Waals surface area contributed by atoms with Crippen molar-refractivity contribution >= 4 is 23.2 Å². The van der Waals surface area contributed by atoms with Crippen molar-refractivity contribution in [2.45, 2.75) is 26.1 Å². The van der Waals surface area contributed by atoms with E-state index in [1.54, 1.807) is 12.1 Å². The van der Waals surface area contributed by atoms with Gasteiger partial charge in [0.05, 0.1) is 11.3 Å². The van der Waals surface area contributed by atoms with E-state index in [2.05, 4.69) is 10.6 Å². The first-order valence-corrected chi connectivity index (χ1v) is 9.75. The number of amides is 2. The third kappa shape index (κ3) is 5.87. The van der Waals surface area contributed by atoms with Crippen LogP contribution in [0.2, 0.25) is 0 Å². The normalized spacial score (nSPS) is 12.0. The van der Waals surface area contributed by atoms with E-state index in [4.69, 9.17) is 4.74 Å². The maximum absolute atomic E-state index is 13.4. The molecule has 3 aromatic carbocycles. The Kier molecular flexibility index (Phi) is 6.82. The Morgan fingerprint density at radius 2 is 1.50 bits per heavy atom. The lowest BCUT2D eigenvalue weighted by atomic mass is 10.1. The molecule has 3 rings (SSSR count). The average Bonchev–Trinajstić information content (AvgIpc) is 2.74. The van der Waals surface area contributed by atoms with Crippen molar-refractivity contribution in [1.82, 2.24) is 0 Å². The lowest BCUT2D eigenvalue weighted by Crippen LogP contribution is -2.31. The molecule has 0 aromatic heterocycles. The molecule has 0 aliphatic rings. The molecule has 0 fully saturated rings. The van der Waals surface area contributed by atoms with Crippen LogP contribution >= 0.6 is 0 Å². The minimum atomic E-state index is -4.73. The van der Waals surface area contributed by atoms with Crippen LogP contribution in [0, 0.1) is 0 Å². The number of hydrogen-bond acceptors (Lipinski definition) is 3. The molecule has 3 aromatic rings. The van der Waals surface area contributed by atoms with E-state index >= 15 is 0 Å². The maximum atomic E-state index is 13.4. The van der Waals surface area contributed by atoms with Crippen LogP contribution in [0.5, 0.6) is 5.75 Å². The first kappa shape index (κ1) is 22.9. The molecule has 0 radical (unpaired) electrons. The summed E-state index contributed by atoms with van der Waals surface area (Å²) in [6, 6.07) is 19.9. The number of carbonyl (C=O) groups excluding carboxylic acids is 2. The van der Waals surface area contributed by atoms with Crippen molar-refractivity contribution in [3.8, 4) is 16.9 Å². The van der Waals surface area contributed by atoms with Crippen molar-refractivity contribution in [2.24, 2.45) is 0 Å². The molecule has 1 atom stereocenters. The van der Waals surface area contributed by atoms with E-state index in [0.717, 1.165) is 23.3 Å². The van der Waals surface area contributed by atoms with Gasteiger partial charge in [0.15, 0.2) is 6.10 Å². The molecule has 0 saturated carbocycles. The summed E-state index contributed by atoms with van der Waals surface area (Å²) in [4.78, 5) is 23.6. The molecule has 2 amide bonds. The number of anilines is 2. The van der Waals surface area contributed by atoms with Crippen LogP contribution in [0.1, 0.15) is 19.4 Å². The maximum Gasteiger partial charge on any atom is 0.418 e. The van der Waals surface area contributed by atoms with Gasteiger partial charge in [0.25, 0.3) is 5.91 Å². The third-order valence-electron chi connectivity index (χ3n) is 4.55. The van der Waals surface area contributed by atoms with Gasteiger partial charge in [-0.3, -0.25) is 9.59 Å². The molecule has 8 heteroatoms. The Bertz CT molecular complexity index is 1100. The number of hydrogen-bond donors (Lipinski definition) is 2. The van der Waals surface area contributed by atoms with E-state index in [0.29, 0.717) is 5.75 Å². The first-order chi connectivity index (χ1) is 15.1. The number of benzene rings is 3. The molecule has 5 nitrogen and oxygen atoms in total. The van der Waals surface area contributed by atoms with Crippen molar-refractivity contribution in [3.63, 3.8) is 0 Å². The standard InChI is InChI=1S/C24H21F3N2O3/c1-15(32-20-11-8-18(9-12-20)17-6-4-3-5-7-17)23(31)29-22-13-10-19(28-16(2)30)14-21(22)24(25,26)27/h3-15H,1-2H3,(H,28,30)(H,29,31). The summed E-state index contributed by atoms with van der Waals surface area (Å²) in [5, 5.41) is 4.55. The minimum Gasteiger partial charge on any atom is -0.481 e. The summed E-state index contributed by atoms with van der Waals surface area (Å²) in [7, 11) is 0. The summed E-state index contributed by atoms with van der Waals surface area (Å²) in [5.41, 5.74) is 0.463. The number of ether oxygens (including phenoxy) is 1. The molecule has 0 bridgehead atoms. The SMILES string of the molecule is CC(=O)Nc1ccc(NC(=O)C(C)Oc2ccc(-c3ccccc3)cc2)c(C(F)(F)F)c1. The molecule has 166 valence electrons. The highest BCUT2D eigenvalue weighted by molar-refractivity contribution is 5.96. The Morgan fingerprint density at radius 3 is 2.09 bits per heavy atom. The Balaban J connectivity index is 1.71. The predicted molar refractivity (Wildman–Crippen MR) is 116 cm³/mol. The van der Waals surface area contributed by atoms with E-state index in [9.17, 15) is 22.8 Å². The molecule has 32 heavy (non-hydrogen) atoms. The molecule has 0 aliphatic heterocycles. The van der Waals surface area contributed by atoms with E-state index < -0.39 is 35.3 Å². The van der Waals surface area contributed by atoms with Crippen LogP contribution in [0.15, 0.2) is 72.8 Å². The Labute approximate surface area is 183 Å². The molecule has 2 N–H and O–H groups in total. The Morgan fingerprint density at radius 1 is 0.875 bits per heavy atom. The fourth-order valence-electron chi connectivity index (χ4n) is 3.02. The largest absolute Gasteiger partial charge is 0.481 e. The summed E-state index contributed by atoms with van der Waals surface area (Å²) in [5.74, 6) is -0.838. The van der Waals surface area contributed by atoms with Crippen LogP contribution in [0.4, 0.5) is 24.5 Å². The van der Waals surface area contributed by atoms with E-state index in [1.165, 1.54) is 19.9 Å². The second-order valence-electron chi connectivity index (χ2n) is 7.08. The zero-order chi connectivity index (χ0) is 23.3. The van der Waals surface area contributed by atoms with Crippen molar-refractivity contribution < 1.29 is 27.5 Å². The van der Waals surface area contributed by atoms with Gasteiger partial charge < -0.3 is 15.4 Å². The molecular weight excluding hydrogens is 421 g/mol. The van der Waals surface area contributed by atoms with Gasteiger partial charge in [-0.2, -0.15) is 13.2 Å². The number of nitrogens with one attached hydrogen (secondary N) is 2. The topological polar surface area (TPSA) is 67.4 Å². The highest BCUT2D eigenvalue weighted by Crippen LogP contribution is 2.36. The van der Waals surface area contributed by atoms with E-state index in [-0.39, 0.29) is 5.69 Å². The lowest BCUT2D eigenvalue weighted by Gasteiger charge is -2.18. The van der Waals surface area contributed by atoms with Gasteiger partial charge in [0.2, 0.25) is 5.91 Å². The van der Waals surface area contributed by atoms with E-state index in [1.807, 2.05) is 42.5 Å². The highest BCUT2D eigenvalue weighted by atomic mass is 19.4. The van der Waals surface area contributed by atoms with Gasteiger partial charge in [0.1, 0.15) is 5.75 Å². The van der Waals surface area contributed by atoms with Crippen molar-refractivity contribution in [2.75, 3.05) is 10.6 Å². The summed E-state index contributed by atoms with van der Waals surface area (Å²) in [6.07, 6.45) is -5.78. The zero-order valence-corrected chi connectivity index (χ0v) is 17.4. The number of alkyl halides is 3. The van der Waals surface area contributed by atoms with Gasteiger partial charge in [-0.1, -0.05) is 42.5 Å². The van der Waals surface area contributed by atoms with Gasteiger partial charge in [0, 0.05) is 12.6 Å². The zero-order valence-electron chi connectivity index (χ0n) is 17.4. The molecule has 1 unspecified atom stereocenters. The van der Waals surface area contributed by atoms with Gasteiger partial charge in [-0.25, -0.2) is 0 Å². The fourth-order valence-corrected chi connectivity index (χ4v) is 3.02. The van der Waals surface area contributed by atoms with Gasteiger partial charge >= 0.3 is 6.18 Å². The lowest BCUT2D eigenvalue weighted by molar-refractivity contribution is -0.137. The van der Waals surface area contributed by atoms with Crippen LogP contribution in [-0.4, -0.2) is 17.9 Å². The number of rotatable bonds is 6. The van der Waals surface area contributed by atoms with Crippen LogP contribution in [-0.2, 0) is 15.8 Å². The molecule has 0 aliphatic carbocycles. The highest BCUT2D eigenvalue weighted by Gasteiger charge is 2.34. The second-order valence-corrected chi connectivity index (χ2v) is 7.08. The van der Waals surface area contributed by atoms with Crippen molar-refractivity contribution in [1.29, 1.82) is 0 Å². The summed E-state index contributed by atoms with van der Waals surface area (Å²) < 4.78 is 45.9. The fraction of sp³-hybridized carbons (Fsp3) is 0.167. The summed E-state index contributed by atoms with van der Waals surface area (Å²) in [6.45, 7) is 2.63. The minimum absolute atomic E-state index is 0.0226. The summed E-state index contributed by atoms with van der Waals surface area (Å²) >= 11 is 0. The molecular formula is C24H21F3N2O3. The van der Waals surface area contributed by atoms with Crippen LogP contribution in [0.3, 0.4) is 0 Å². The smallest absolute Gasteiger partial charge is 0.418 e. The van der Waals surface area contributed by atoms with Crippen molar-refractivity contribution in [3.05, 3.63) is 78.4 Å². The molecule has 0 spiro atoms. The Hall–Kier alpha value is -3.81.